The van der Waals surface area contributed by atoms with E-state index in [1.807, 2.05) is 42.5 Å². The van der Waals surface area contributed by atoms with Crippen LogP contribution in [0.1, 0.15) is 40.0 Å². The highest BCUT2D eigenvalue weighted by atomic mass is 16.5. The number of rotatable bonds is 6. The average molecular weight is 605 g/mol. The molecule has 1 fully saturated rings. The van der Waals surface area contributed by atoms with Crippen LogP contribution in [0.5, 0.6) is 17.2 Å². The van der Waals surface area contributed by atoms with Crippen LogP contribution in [0.4, 0.5) is 0 Å². The normalized spacial score (nSPS) is 19.4. The van der Waals surface area contributed by atoms with Gasteiger partial charge in [0.1, 0.15) is 5.75 Å². The van der Waals surface area contributed by atoms with Gasteiger partial charge in [0.15, 0.2) is 11.5 Å². The van der Waals surface area contributed by atoms with E-state index in [0.29, 0.717) is 67.8 Å². The first-order valence-electron chi connectivity index (χ1n) is 14.9. The second-order valence-electron chi connectivity index (χ2n) is 11.3. The number of pyridine rings is 1. The summed E-state index contributed by atoms with van der Waals surface area (Å²) in [6.07, 6.45) is 0.952. The van der Waals surface area contributed by atoms with E-state index in [0.717, 1.165) is 17.5 Å². The van der Waals surface area contributed by atoms with Crippen molar-refractivity contribution in [2.75, 3.05) is 47.0 Å². The Morgan fingerprint density at radius 2 is 1.91 bits per heavy atom. The lowest BCUT2D eigenvalue weighted by atomic mass is 10.0. The SMILES string of the molecule is COCCCN1CC(=O)N[C@H]2CN(C(=O)c3cc(C)[nH]c(=O)c3)CC[C@H]2OCc2cccc(c2)Oc2cc(ccc2OC)C1. The fourth-order valence-corrected chi connectivity index (χ4v) is 5.73. The lowest BCUT2D eigenvalue weighted by Gasteiger charge is -2.39. The molecule has 2 aromatic carbocycles. The summed E-state index contributed by atoms with van der Waals surface area (Å²) in [5.41, 5.74) is 2.49. The number of piperidine rings is 1. The number of benzene rings is 2. The first-order valence-corrected chi connectivity index (χ1v) is 14.9. The van der Waals surface area contributed by atoms with E-state index in [1.165, 1.54) is 6.07 Å². The van der Waals surface area contributed by atoms with E-state index in [2.05, 4.69) is 15.2 Å². The monoisotopic (exact) mass is 604 g/mol. The number of nitrogens with one attached hydrogen (secondary N) is 2. The number of methoxy groups -OCH3 is 2. The molecule has 2 N–H and O–H groups in total. The number of carbonyl (C=O) groups is 2. The number of carbonyl (C=O) groups excluding carboxylic acids is 2. The fraction of sp³-hybridized carbons (Fsp3) is 0.424. The quantitative estimate of drug-likeness (QED) is 0.412. The largest absolute Gasteiger partial charge is 0.493 e. The predicted octanol–water partition coefficient (Wildman–Crippen LogP) is 3.25. The Bertz CT molecular complexity index is 1520. The van der Waals surface area contributed by atoms with Gasteiger partial charge in [-0.3, -0.25) is 19.3 Å². The van der Waals surface area contributed by atoms with Crippen molar-refractivity contribution in [3.8, 4) is 17.2 Å². The number of ether oxygens (including phenoxy) is 4. The highest BCUT2D eigenvalue weighted by molar-refractivity contribution is 5.94. The summed E-state index contributed by atoms with van der Waals surface area (Å²) < 4.78 is 23.5. The summed E-state index contributed by atoms with van der Waals surface area (Å²) in [5.74, 6) is 1.44. The Labute approximate surface area is 257 Å². The van der Waals surface area contributed by atoms with E-state index in [9.17, 15) is 14.4 Å². The molecule has 0 spiro atoms. The molecule has 11 heteroatoms. The molecule has 1 saturated heterocycles. The zero-order valence-electron chi connectivity index (χ0n) is 25.5. The number of H-pyrrole nitrogens is 1. The first-order chi connectivity index (χ1) is 21.3. The van der Waals surface area contributed by atoms with Crippen LogP contribution < -0.4 is 20.3 Å². The van der Waals surface area contributed by atoms with Crippen LogP contribution in [0.2, 0.25) is 0 Å². The molecule has 2 aliphatic heterocycles. The van der Waals surface area contributed by atoms with Crippen molar-refractivity contribution in [3.05, 3.63) is 87.3 Å². The highest BCUT2D eigenvalue weighted by Crippen LogP contribution is 2.33. The van der Waals surface area contributed by atoms with E-state index in [-0.39, 0.29) is 36.6 Å². The molecule has 0 aliphatic carbocycles. The smallest absolute Gasteiger partial charge is 0.254 e. The van der Waals surface area contributed by atoms with Gasteiger partial charge in [-0.05, 0) is 61.2 Å². The fourth-order valence-electron chi connectivity index (χ4n) is 5.73. The van der Waals surface area contributed by atoms with Crippen molar-refractivity contribution in [2.45, 2.75) is 45.1 Å². The van der Waals surface area contributed by atoms with E-state index < -0.39 is 6.04 Å². The van der Waals surface area contributed by atoms with E-state index in [4.69, 9.17) is 18.9 Å². The highest BCUT2D eigenvalue weighted by Gasteiger charge is 2.34. The summed E-state index contributed by atoms with van der Waals surface area (Å²) in [6.45, 7) is 4.61. The topological polar surface area (TPSA) is 122 Å². The van der Waals surface area contributed by atoms with Gasteiger partial charge in [0, 0.05) is 57.2 Å². The minimum absolute atomic E-state index is 0.148. The molecule has 0 radical (unpaired) electrons. The molecule has 2 atom stereocenters. The Morgan fingerprint density at radius 1 is 1.05 bits per heavy atom. The molecule has 3 heterocycles. The molecule has 5 rings (SSSR count). The lowest BCUT2D eigenvalue weighted by molar-refractivity contribution is -0.125. The van der Waals surface area contributed by atoms with Crippen molar-refractivity contribution in [3.63, 3.8) is 0 Å². The van der Waals surface area contributed by atoms with Crippen LogP contribution in [-0.4, -0.2) is 85.7 Å². The van der Waals surface area contributed by atoms with Crippen LogP contribution in [0, 0.1) is 6.92 Å². The van der Waals surface area contributed by atoms with Crippen molar-refractivity contribution in [1.82, 2.24) is 20.1 Å². The number of aryl methyl sites for hydroxylation is 1. The molecule has 2 aliphatic rings. The van der Waals surface area contributed by atoms with Gasteiger partial charge in [0.25, 0.3) is 5.91 Å². The minimum atomic E-state index is -0.441. The van der Waals surface area contributed by atoms with Gasteiger partial charge in [-0.2, -0.15) is 0 Å². The summed E-state index contributed by atoms with van der Waals surface area (Å²) in [7, 11) is 3.27. The van der Waals surface area contributed by atoms with Crippen LogP contribution in [0.15, 0.2) is 59.4 Å². The van der Waals surface area contributed by atoms with E-state index >= 15 is 0 Å². The molecule has 44 heavy (non-hydrogen) atoms. The minimum Gasteiger partial charge on any atom is -0.493 e. The van der Waals surface area contributed by atoms with Gasteiger partial charge in [-0.15, -0.1) is 0 Å². The summed E-state index contributed by atoms with van der Waals surface area (Å²) in [5, 5.41) is 3.17. The number of aromatic amines is 1. The first kappa shape index (κ1) is 31.2. The number of likely N-dealkylation sites (tertiary alicyclic amines) is 1. The maximum absolute atomic E-state index is 13.5. The van der Waals surface area contributed by atoms with Gasteiger partial charge >= 0.3 is 0 Å². The van der Waals surface area contributed by atoms with Crippen LogP contribution in [-0.2, 0) is 27.4 Å². The molecule has 0 unspecified atom stereocenters. The number of amides is 2. The van der Waals surface area contributed by atoms with Gasteiger partial charge in [-0.25, -0.2) is 0 Å². The maximum Gasteiger partial charge on any atom is 0.254 e. The Morgan fingerprint density at radius 3 is 2.70 bits per heavy atom. The second-order valence-corrected chi connectivity index (χ2v) is 11.3. The number of nitrogens with zero attached hydrogens (tertiary/aromatic N) is 2. The van der Waals surface area contributed by atoms with Gasteiger partial charge in [-0.1, -0.05) is 18.2 Å². The molecular weight excluding hydrogens is 564 g/mol. The average Bonchev–Trinajstić information content (AvgIpc) is 2.99. The second kappa shape index (κ2) is 14.5. The standard InChI is InChI=1S/C33H40N4O7/c1-22-14-25(17-31(38)34-22)33(40)37-12-10-28-27(19-37)35-32(39)20-36(11-5-13-41-2)18-23-8-9-29(42-3)30(16-23)44-26-7-4-6-24(15-26)21-43-28/h4,6-9,14-17,27-28H,5,10-13,18-21H2,1-3H3,(H,34,38)(H,35,39)/t27-,28+/m0/s1. The Kier molecular flexibility index (Phi) is 10.3. The number of hydrogen-bond donors (Lipinski definition) is 2. The third-order valence-electron chi connectivity index (χ3n) is 7.82. The molecule has 3 aromatic rings. The third kappa shape index (κ3) is 8.04. The number of aromatic nitrogens is 1. The predicted molar refractivity (Wildman–Crippen MR) is 164 cm³/mol. The molecular formula is C33H40N4O7. The summed E-state index contributed by atoms with van der Waals surface area (Å²) >= 11 is 0. The Hall–Kier alpha value is -4.19. The summed E-state index contributed by atoms with van der Waals surface area (Å²) in [4.78, 5) is 45.4. The molecule has 4 bridgehead atoms. The zero-order valence-corrected chi connectivity index (χ0v) is 25.5. The molecule has 1 aromatic heterocycles. The van der Waals surface area contributed by atoms with Crippen LogP contribution >= 0.6 is 0 Å². The number of fused-ring (bicyclic) bond motifs is 5. The van der Waals surface area contributed by atoms with Crippen LogP contribution in [0.25, 0.3) is 0 Å². The molecule has 234 valence electrons. The van der Waals surface area contributed by atoms with Gasteiger partial charge in [0.05, 0.1) is 32.4 Å². The van der Waals surface area contributed by atoms with Gasteiger partial charge < -0.3 is 34.1 Å². The van der Waals surface area contributed by atoms with Crippen LogP contribution in [0.3, 0.4) is 0 Å². The zero-order chi connectivity index (χ0) is 31.1. The Balaban J connectivity index is 1.42. The number of hydrogen-bond acceptors (Lipinski definition) is 8. The molecule has 0 saturated carbocycles. The lowest BCUT2D eigenvalue weighted by Crippen LogP contribution is -2.58. The molecule has 11 nitrogen and oxygen atoms in total. The third-order valence-corrected chi connectivity index (χ3v) is 7.82. The maximum atomic E-state index is 13.5. The van der Waals surface area contributed by atoms with Gasteiger partial charge in [0.2, 0.25) is 11.5 Å². The van der Waals surface area contributed by atoms with Crippen molar-refractivity contribution < 1.29 is 28.5 Å². The van der Waals surface area contributed by atoms with Crippen molar-refractivity contribution in [1.29, 1.82) is 0 Å². The summed E-state index contributed by atoms with van der Waals surface area (Å²) in [6, 6.07) is 16.0. The van der Waals surface area contributed by atoms with E-state index in [1.54, 1.807) is 32.1 Å². The van der Waals surface area contributed by atoms with Crippen molar-refractivity contribution >= 4 is 11.8 Å². The van der Waals surface area contributed by atoms with Crippen molar-refractivity contribution in [2.24, 2.45) is 0 Å². The molecule has 2 amide bonds.